The van der Waals surface area contributed by atoms with Crippen molar-refractivity contribution in [1.29, 1.82) is 0 Å². The molecule has 1 atom stereocenters. The van der Waals surface area contributed by atoms with Crippen LogP contribution in [0.5, 0.6) is 0 Å². The molecule has 1 fully saturated rings. The highest BCUT2D eigenvalue weighted by Gasteiger charge is 2.33. The van der Waals surface area contributed by atoms with Gasteiger partial charge in [-0.15, -0.1) is 0 Å². The third-order valence-corrected chi connectivity index (χ3v) is 7.46. The predicted octanol–water partition coefficient (Wildman–Crippen LogP) is 3.88. The molecular formula is C11H12BrCl2NO2S2. The van der Waals surface area contributed by atoms with Crippen LogP contribution in [0.1, 0.15) is 6.42 Å². The van der Waals surface area contributed by atoms with Crippen LogP contribution in [-0.4, -0.2) is 37.3 Å². The fourth-order valence-corrected chi connectivity index (χ4v) is 6.55. The number of hydrogen-bond donors (Lipinski definition) is 0. The Morgan fingerprint density at radius 1 is 1.37 bits per heavy atom. The number of halogens is 3. The van der Waals surface area contributed by atoms with Gasteiger partial charge in [0.1, 0.15) is 4.90 Å². The Kier molecular flexibility index (Phi) is 5.12. The SMILES string of the molecule is CN(C1CCSC1)S(=O)(=O)c1c(Cl)cc(Br)cc1Cl. The normalized spacial score (nSPS) is 20.2. The Balaban J connectivity index is 2.44. The number of thioether (sulfide) groups is 1. The summed E-state index contributed by atoms with van der Waals surface area (Å²) in [5.74, 6) is 1.79. The Hall–Kier alpha value is 0.540. The van der Waals surface area contributed by atoms with Gasteiger partial charge in [0.25, 0.3) is 0 Å². The van der Waals surface area contributed by atoms with E-state index in [2.05, 4.69) is 15.9 Å². The van der Waals surface area contributed by atoms with Crippen LogP contribution in [0.3, 0.4) is 0 Å². The highest BCUT2D eigenvalue weighted by atomic mass is 79.9. The maximum Gasteiger partial charge on any atom is 0.246 e. The van der Waals surface area contributed by atoms with Crippen LogP contribution in [-0.2, 0) is 10.0 Å². The van der Waals surface area contributed by atoms with E-state index in [4.69, 9.17) is 23.2 Å². The van der Waals surface area contributed by atoms with Crippen molar-refractivity contribution < 1.29 is 8.42 Å². The van der Waals surface area contributed by atoms with Gasteiger partial charge in [-0.2, -0.15) is 16.1 Å². The van der Waals surface area contributed by atoms with Gasteiger partial charge in [-0.3, -0.25) is 0 Å². The lowest BCUT2D eigenvalue weighted by Gasteiger charge is -2.24. The molecule has 0 spiro atoms. The van der Waals surface area contributed by atoms with Crippen LogP contribution in [0.25, 0.3) is 0 Å². The number of hydrogen-bond acceptors (Lipinski definition) is 3. The van der Waals surface area contributed by atoms with Crippen LogP contribution in [0.2, 0.25) is 10.0 Å². The fourth-order valence-electron chi connectivity index (χ4n) is 1.92. The monoisotopic (exact) mass is 403 g/mol. The minimum absolute atomic E-state index is 0.00535. The van der Waals surface area contributed by atoms with Gasteiger partial charge in [0.15, 0.2) is 0 Å². The molecule has 8 heteroatoms. The number of sulfonamides is 1. The lowest BCUT2D eigenvalue weighted by Crippen LogP contribution is -2.37. The van der Waals surface area contributed by atoms with Gasteiger partial charge in [-0.25, -0.2) is 8.42 Å². The van der Waals surface area contributed by atoms with E-state index in [0.29, 0.717) is 4.47 Å². The van der Waals surface area contributed by atoms with E-state index >= 15 is 0 Å². The zero-order chi connectivity index (χ0) is 14.2. The third kappa shape index (κ3) is 3.24. The molecule has 1 unspecified atom stereocenters. The van der Waals surface area contributed by atoms with E-state index in [-0.39, 0.29) is 21.0 Å². The molecule has 0 aliphatic carbocycles. The van der Waals surface area contributed by atoms with E-state index in [9.17, 15) is 8.42 Å². The van der Waals surface area contributed by atoms with Crippen molar-refractivity contribution in [2.75, 3.05) is 18.6 Å². The first-order valence-electron chi connectivity index (χ1n) is 5.54. The molecule has 1 aromatic carbocycles. The van der Waals surface area contributed by atoms with Crippen molar-refractivity contribution in [3.8, 4) is 0 Å². The molecule has 0 radical (unpaired) electrons. The largest absolute Gasteiger partial charge is 0.246 e. The first-order chi connectivity index (χ1) is 8.84. The van der Waals surface area contributed by atoms with E-state index in [1.165, 1.54) is 16.4 Å². The van der Waals surface area contributed by atoms with Gasteiger partial charge in [0, 0.05) is 23.3 Å². The Labute approximate surface area is 135 Å². The summed E-state index contributed by atoms with van der Waals surface area (Å²) in [5, 5.41) is 0.272. The van der Waals surface area contributed by atoms with E-state index < -0.39 is 10.0 Å². The van der Waals surface area contributed by atoms with Gasteiger partial charge in [-0.1, -0.05) is 39.1 Å². The number of benzene rings is 1. The van der Waals surface area contributed by atoms with E-state index in [0.717, 1.165) is 17.9 Å². The van der Waals surface area contributed by atoms with Crippen LogP contribution in [0, 0.1) is 0 Å². The summed E-state index contributed by atoms with van der Waals surface area (Å²) in [5.41, 5.74) is 0. The molecule has 0 aromatic heterocycles. The molecule has 2 rings (SSSR count). The average Bonchev–Trinajstić information content (AvgIpc) is 2.78. The molecule has 0 N–H and O–H groups in total. The van der Waals surface area contributed by atoms with Crippen LogP contribution in [0.4, 0.5) is 0 Å². The second-order valence-corrected chi connectivity index (χ2v) is 9.05. The molecule has 1 saturated heterocycles. The van der Waals surface area contributed by atoms with Gasteiger partial charge >= 0.3 is 0 Å². The van der Waals surface area contributed by atoms with Gasteiger partial charge in [0.05, 0.1) is 10.0 Å². The summed E-state index contributed by atoms with van der Waals surface area (Å²) >= 11 is 17.1. The molecular weight excluding hydrogens is 393 g/mol. The number of rotatable bonds is 3. The van der Waals surface area contributed by atoms with Crippen molar-refractivity contribution in [2.24, 2.45) is 0 Å². The summed E-state index contributed by atoms with van der Waals surface area (Å²) < 4.78 is 27.2. The first-order valence-corrected chi connectivity index (χ1v) is 9.68. The zero-order valence-electron chi connectivity index (χ0n) is 10.1. The van der Waals surface area contributed by atoms with Crippen molar-refractivity contribution in [3.05, 3.63) is 26.7 Å². The Morgan fingerprint density at radius 2 is 1.95 bits per heavy atom. The van der Waals surface area contributed by atoms with Crippen LogP contribution in [0.15, 0.2) is 21.5 Å². The molecule has 0 amide bonds. The molecule has 0 saturated carbocycles. The maximum atomic E-state index is 12.6. The zero-order valence-corrected chi connectivity index (χ0v) is 14.8. The second-order valence-electron chi connectivity index (χ2n) is 4.24. The van der Waals surface area contributed by atoms with Crippen molar-refractivity contribution in [3.63, 3.8) is 0 Å². The Bertz CT molecular complexity index is 565. The fraction of sp³-hybridized carbons (Fsp3) is 0.455. The minimum Gasteiger partial charge on any atom is -0.207 e. The van der Waals surface area contributed by atoms with Gasteiger partial charge in [0.2, 0.25) is 10.0 Å². The number of nitrogens with zero attached hydrogens (tertiary/aromatic N) is 1. The molecule has 1 aromatic rings. The van der Waals surface area contributed by atoms with Crippen LogP contribution < -0.4 is 0 Å². The molecule has 1 aliphatic heterocycles. The van der Waals surface area contributed by atoms with Gasteiger partial charge in [-0.05, 0) is 24.3 Å². The summed E-state index contributed by atoms with van der Waals surface area (Å²) in [6, 6.07) is 3.08. The highest BCUT2D eigenvalue weighted by Crippen LogP contribution is 2.36. The molecule has 19 heavy (non-hydrogen) atoms. The van der Waals surface area contributed by atoms with Crippen molar-refractivity contribution >= 4 is 60.9 Å². The van der Waals surface area contributed by atoms with E-state index in [1.54, 1.807) is 18.8 Å². The summed E-state index contributed by atoms with van der Waals surface area (Å²) in [4.78, 5) is -0.0153. The van der Waals surface area contributed by atoms with Crippen molar-refractivity contribution in [1.82, 2.24) is 4.31 Å². The third-order valence-electron chi connectivity index (χ3n) is 3.02. The van der Waals surface area contributed by atoms with Crippen LogP contribution >= 0.6 is 50.9 Å². The lowest BCUT2D eigenvalue weighted by atomic mass is 10.3. The summed E-state index contributed by atoms with van der Waals surface area (Å²) in [7, 11) is -2.08. The smallest absolute Gasteiger partial charge is 0.207 e. The molecule has 106 valence electrons. The first kappa shape index (κ1) is 15.9. The highest BCUT2D eigenvalue weighted by molar-refractivity contribution is 9.10. The lowest BCUT2D eigenvalue weighted by molar-refractivity contribution is 0.394. The summed E-state index contributed by atoms with van der Waals surface area (Å²) in [6.45, 7) is 0. The molecule has 1 aliphatic rings. The average molecular weight is 405 g/mol. The van der Waals surface area contributed by atoms with Crippen molar-refractivity contribution in [2.45, 2.75) is 17.4 Å². The predicted molar refractivity (Wildman–Crippen MR) is 84.8 cm³/mol. The molecule has 0 bridgehead atoms. The minimum atomic E-state index is -3.67. The van der Waals surface area contributed by atoms with E-state index in [1.807, 2.05) is 0 Å². The standard InChI is InChI=1S/C11H12BrCl2NO2S2/c1-15(8-2-3-18-6-8)19(16,17)11-9(13)4-7(12)5-10(11)14/h4-5,8H,2-3,6H2,1H3. The molecule has 3 nitrogen and oxygen atoms in total. The summed E-state index contributed by atoms with van der Waals surface area (Å²) in [6.07, 6.45) is 0.853. The maximum absolute atomic E-state index is 12.6. The topological polar surface area (TPSA) is 37.4 Å². The quantitative estimate of drug-likeness (QED) is 0.766. The van der Waals surface area contributed by atoms with Gasteiger partial charge < -0.3 is 0 Å². The Morgan fingerprint density at radius 3 is 2.42 bits per heavy atom. The second kappa shape index (κ2) is 6.12. The molecule has 1 heterocycles.